The molecule has 0 unspecified atom stereocenters. The molecule has 5 nitrogen and oxygen atoms in total. The van der Waals surface area contributed by atoms with Crippen molar-refractivity contribution in [1.29, 1.82) is 0 Å². The number of aryl methyl sites for hydroxylation is 1. The van der Waals surface area contributed by atoms with E-state index in [1.54, 1.807) is 6.07 Å². The summed E-state index contributed by atoms with van der Waals surface area (Å²) in [6.45, 7) is 2.50. The maximum atomic E-state index is 5.82. The number of anilines is 2. The molecule has 2 heterocycles. The van der Waals surface area contributed by atoms with Gasteiger partial charge >= 0.3 is 0 Å². The lowest BCUT2D eigenvalue weighted by atomic mass is 10.4. The number of aromatic nitrogens is 2. The van der Waals surface area contributed by atoms with Gasteiger partial charge in [-0.05, 0) is 19.1 Å². The van der Waals surface area contributed by atoms with Crippen LogP contribution in [0.1, 0.15) is 11.5 Å². The quantitative estimate of drug-likeness (QED) is 0.849. The Morgan fingerprint density at radius 1 is 1.41 bits per heavy atom. The molecule has 2 N–H and O–H groups in total. The van der Waals surface area contributed by atoms with Crippen molar-refractivity contribution < 1.29 is 4.42 Å². The first-order valence-electron chi connectivity index (χ1n) is 5.11. The van der Waals surface area contributed by atoms with Crippen LogP contribution in [0.25, 0.3) is 0 Å². The van der Waals surface area contributed by atoms with Gasteiger partial charge in [0.05, 0.1) is 6.54 Å². The van der Waals surface area contributed by atoms with Gasteiger partial charge in [0.2, 0.25) is 5.95 Å². The van der Waals surface area contributed by atoms with E-state index >= 15 is 0 Å². The summed E-state index contributed by atoms with van der Waals surface area (Å²) >= 11 is 5.82. The molecule has 0 spiro atoms. The number of hydrogen-bond donors (Lipinski definition) is 1. The topological polar surface area (TPSA) is 68.2 Å². The van der Waals surface area contributed by atoms with Crippen LogP contribution in [-0.4, -0.2) is 17.0 Å². The Labute approximate surface area is 104 Å². The van der Waals surface area contributed by atoms with Gasteiger partial charge in [0.15, 0.2) is 0 Å². The molecule has 0 radical (unpaired) electrons. The van der Waals surface area contributed by atoms with Crippen molar-refractivity contribution in [1.82, 2.24) is 9.97 Å². The standard InChI is InChI=1S/C11H13ClN4O/c1-7-3-4-8(17-7)6-16(2)10-5-9(12)14-11(13)15-10/h3-5H,6H2,1-2H3,(H2,13,14,15). The van der Waals surface area contributed by atoms with Gasteiger partial charge in [-0.2, -0.15) is 4.98 Å². The van der Waals surface area contributed by atoms with E-state index in [4.69, 9.17) is 21.8 Å². The second-order valence-corrected chi connectivity index (χ2v) is 4.16. The number of hydrogen-bond acceptors (Lipinski definition) is 5. The third-order valence-corrected chi connectivity index (χ3v) is 2.47. The van der Waals surface area contributed by atoms with E-state index in [-0.39, 0.29) is 5.95 Å². The molecule has 0 atom stereocenters. The molecule has 0 aliphatic rings. The molecule has 0 bridgehead atoms. The van der Waals surface area contributed by atoms with Crippen LogP contribution in [0.15, 0.2) is 22.6 Å². The summed E-state index contributed by atoms with van der Waals surface area (Å²) in [5.41, 5.74) is 5.54. The molecule has 6 heteroatoms. The van der Waals surface area contributed by atoms with Crippen LogP contribution in [-0.2, 0) is 6.54 Å². The maximum absolute atomic E-state index is 5.82. The summed E-state index contributed by atoms with van der Waals surface area (Å²) in [6.07, 6.45) is 0. The van der Waals surface area contributed by atoms with Gasteiger partial charge in [-0.15, -0.1) is 0 Å². The first-order chi connectivity index (χ1) is 8.04. The molecule has 0 saturated heterocycles. The zero-order valence-corrected chi connectivity index (χ0v) is 10.4. The highest BCUT2D eigenvalue weighted by molar-refractivity contribution is 6.29. The zero-order chi connectivity index (χ0) is 12.4. The van der Waals surface area contributed by atoms with E-state index in [9.17, 15) is 0 Å². The lowest BCUT2D eigenvalue weighted by Gasteiger charge is -2.16. The third-order valence-electron chi connectivity index (χ3n) is 2.28. The first-order valence-corrected chi connectivity index (χ1v) is 5.49. The van der Waals surface area contributed by atoms with Crippen LogP contribution in [0.5, 0.6) is 0 Å². The molecule has 0 saturated carbocycles. The second kappa shape index (κ2) is 4.63. The Morgan fingerprint density at radius 3 is 2.76 bits per heavy atom. The summed E-state index contributed by atoms with van der Waals surface area (Å²) in [5, 5.41) is 0.329. The van der Waals surface area contributed by atoms with E-state index in [2.05, 4.69) is 9.97 Å². The summed E-state index contributed by atoms with van der Waals surface area (Å²) in [6, 6.07) is 5.51. The van der Waals surface area contributed by atoms with Crippen molar-refractivity contribution >= 4 is 23.4 Å². The highest BCUT2D eigenvalue weighted by Gasteiger charge is 2.08. The molecule has 90 valence electrons. The minimum Gasteiger partial charge on any atom is -0.464 e. The van der Waals surface area contributed by atoms with Crippen molar-refractivity contribution in [2.45, 2.75) is 13.5 Å². The Balaban J connectivity index is 2.16. The van der Waals surface area contributed by atoms with Crippen LogP contribution >= 0.6 is 11.6 Å². The third kappa shape index (κ3) is 2.88. The lowest BCUT2D eigenvalue weighted by Crippen LogP contribution is -2.18. The van der Waals surface area contributed by atoms with E-state index in [1.165, 1.54) is 0 Å². The predicted octanol–water partition coefficient (Wildman–Crippen LogP) is 2.25. The minimum atomic E-state index is 0.162. The van der Waals surface area contributed by atoms with Crippen LogP contribution in [0, 0.1) is 6.92 Å². The van der Waals surface area contributed by atoms with Crippen molar-refractivity contribution in [3.8, 4) is 0 Å². The Morgan fingerprint density at radius 2 is 2.18 bits per heavy atom. The fraction of sp³-hybridized carbons (Fsp3) is 0.273. The molecule has 0 aliphatic heterocycles. The van der Waals surface area contributed by atoms with Gasteiger partial charge in [-0.1, -0.05) is 11.6 Å². The Kier molecular flexibility index (Phi) is 3.19. The molecular formula is C11H13ClN4O. The van der Waals surface area contributed by atoms with Crippen LogP contribution in [0.4, 0.5) is 11.8 Å². The van der Waals surface area contributed by atoms with E-state index < -0.39 is 0 Å². The number of halogens is 1. The first kappa shape index (κ1) is 11.7. The van der Waals surface area contributed by atoms with Crippen LogP contribution in [0.3, 0.4) is 0 Å². The molecule has 0 aromatic carbocycles. The summed E-state index contributed by atoms with van der Waals surface area (Å²) < 4.78 is 5.49. The van der Waals surface area contributed by atoms with Gasteiger partial charge in [0.25, 0.3) is 0 Å². The maximum Gasteiger partial charge on any atom is 0.223 e. The molecule has 2 aromatic heterocycles. The summed E-state index contributed by atoms with van der Waals surface area (Å²) in [5.74, 6) is 2.57. The highest BCUT2D eigenvalue weighted by Crippen LogP contribution is 2.18. The van der Waals surface area contributed by atoms with Crippen molar-refractivity contribution in [2.75, 3.05) is 17.7 Å². The number of rotatable bonds is 3. The van der Waals surface area contributed by atoms with E-state index in [0.717, 1.165) is 11.5 Å². The normalized spacial score (nSPS) is 10.5. The summed E-state index contributed by atoms with van der Waals surface area (Å²) in [7, 11) is 1.88. The fourth-order valence-corrected chi connectivity index (χ4v) is 1.69. The minimum absolute atomic E-state index is 0.162. The highest BCUT2D eigenvalue weighted by atomic mass is 35.5. The SMILES string of the molecule is Cc1ccc(CN(C)c2cc(Cl)nc(N)n2)o1. The van der Waals surface area contributed by atoms with Crippen LogP contribution in [0.2, 0.25) is 5.15 Å². The summed E-state index contributed by atoms with van der Waals surface area (Å²) in [4.78, 5) is 9.80. The fourth-order valence-electron chi connectivity index (χ4n) is 1.50. The molecule has 2 aromatic rings. The van der Waals surface area contributed by atoms with Gasteiger partial charge in [0.1, 0.15) is 22.5 Å². The number of nitrogens with two attached hydrogens (primary N) is 1. The molecule has 0 aliphatic carbocycles. The van der Waals surface area contributed by atoms with Crippen molar-refractivity contribution in [2.24, 2.45) is 0 Å². The molecule has 17 heavy (non-hydrogen) atoms. The average molecular weight is 253 g/mol. The largest absolute Gasteiger partial charge is 0.464 e. The van der Waals surface area contributed by atoms with Crippen molar-refractivity contribution in [3.05, 3.63) is 34.9 Å². The van der Waals surface area contributed by atoms with E-state index in [1.807, 2.05) is 31.0 Å². The van der Waals surface area contributed by atoms with Gasteiger partial charge < -0.3 is 15.1 Å². The van der Waals surface area contributed by atoms with Gasteiger partial charge in [-0.25, -0.2) is 4.98 Å². The smallest absolute Gasteiger partial charge is 0.223 e. The lowest BCUT2D eigenvalue weighted by molar-refractivity contribution is 0.481. The second-order valence-electron chi connectivity index (χ2n) is 3.78. The van der Waals surface area contributed by atoms with Gasteiger partial charge in [-0.3, -0.25) is 0 Å². The predicted molar refractivity (Wildman–Crippen MR) is 67.0 cm³/mol. The Bertz CT molecular complexity index is 506. The van der Waals surface area contributed by atoms with E-state index in [0.29, 0.717) is 17.5 Å². The zero-order valence-electron chi connectivity index (χ0n) is 9.64. The average Bonchev–Trinajstić information content (AvgIpc) is 2.62. The Hall–Kier alpha value is -1.75. The monoisotopic (exact) mass is 252 g/mol. The molecule has 0 fully saturated rings. The van der Waals surface area contributed by atoms with Crippen molar-refractivity contribution in [3.63, 3.8) is 0 Å². The van der Waals surface area contributed by atoms with Gasteiger partial charge in [0, 0.05) is 13.1 Å². The van der Waals surface area contributed by atoms with Crippen LogP contribution < -0.4 is 10.6 Å². The molecular weight excluding hydrogens is 240 g/mol. The number of nitrogens with zero attached hydrogens (tertiary/aromatic N) is 3. The molecule has 2 rings (SSSR count). The molecule has 0 amide bonds. The number of furan rings is 1. The number of nitrogen functional groups attached to an aromatic ring is 1.